The topological polar surface area (TPSA) is 121 Å². The molecule has 4 heterocycles. The van der Waals surface area contributed by atoms with Gasteiger partial charge in [0.05, 0.1) is 12.3 Å². The lowest BCUT2D eigenvalue weighted by Crippen LogP contribution is -2.14. The minimum absolute atomic E-state index is 0.0813. The number of fused-ring (bicyclic) bond motifs is 6. The predicted octanol–water partition coefficient (Wildman–Crippen LogP) is 2.48. The Balaban J connectivity index is 1.61. The van der Waals surface area contributed by atoms with Crippen molar-refractivity contribution in [1.82, 2.24) is 19.7 Å². The standard InChI is InChI=1S/C20H21N5O5/c1-25-11-14-18(24-25)16(26)4-2-3-7-28-8-9-29-17-10-13(5-6-21-17)20-23-15(12-30-20)19(27)22-14/h5-6,10-12H,2-4,7-9H2,1H3,(H,22,27). The molecule has 30 heavy (non-hydrogen) atoms. The zero-order valence-electron chi connectivity index (χ0n) is 16.5. The summed E-state index contributed by atoms with van der Waals surface area (Å²) in [6, 6.07) is 3.39. The fourth-order valence-electron chi connectivity index (χ4n) is 3.02. The van der Waals surface area contributed by atoms with Crippen LogP contribution in [0, 0.1) is 0 Å². The van der Waals surface area contributed by atoms with Gasteiger partial charge < -0.3 is 19.2 Å². The third-order valence-electron chi connectivity index (χ3n) is 4.48. The molecule has 0 unspecified atom stereocenters. The fourth-order valence-corrected chi connectivity index (χ4v) is 3.02. The van der Waals surface area contributed by atoms with E-state index in [1.165, 1.54) is 10.9 Å². The number of pyridine rings is 1. The Morgan fingerprint density at radius 1 is 1.17 bits per heavy atom. The number of hydrogen-bond acceptors (Lipinski definition) is 8. The smallest absolute Gasteiger partial charge is 0.277 e. The highest BCUT2D eigenvalue weighted by Crippen LogP contribution is 2.23. The molecule has 0 spiro atoms. The lowest BCUT2D eigenvalue weighted by Gasteiger charge is -2.07. The molecule has 156 valence electrons. The number of ketones is 1. The Hall–Kier alpha value is -3.53. The Kier molecular flexibility index (Phi) is 5.84. The third-order valence-corrected chi connectivity index (χ3v) is 4.48. The molecule has 0 atom stereocenters. The molecular formula is C20H21N5O5. The number of ether oxygens (including phenoxy) is 2. The lowest BCUT2D eigenvalue weighted by molar-refractivity contribution is 0.0908. The molecule has 0 fully saturated rings. The molecule has 1 aliphatic heterocycles. The van der Waals surface area contributed by atoms with E-state index in [-0.39, 0.29) is 23.1 Å². The summed E-state index contributed by atoms with van der Waals surface area (Å²) in [5.41, 5.74) is 1.26. The average molecular weight is 411 g/mol. The van der Waals surface area contributed by atoms with Crippen molar-refractivity contribution < 1.29 is 23.5 Å². The highest BCUT2D eigenvalue weighted by molar-refractivity contribution is 6.07. The summed E-state index contributed by atoms with van der Waals surface area (Å²) in [6.07, 6.45) is 6.12. The van der Waals surface area contributed by atoms with E-state index in [9.17, 15) is 9.59 Å². The van der Waals surface area contributed by atoms with E-state index < -0.39 is 5.91 Å². The molecule has 10 nitrogen and oxygen atoms in total. The van der Waals surface area contributed by atoms with E-state index in [0.29, 0.717) is 49.8 Å². The van der Waals surface area contributed by atoms with E-state index >= 15 is 0 Å². The Bertz CT molecular complexity index is 1060. The SMILES string of the molecule is Cn1cc2c(n1)C(=O)CCCCOCCOc1cc(ccn1)-c1nc(co1)C(=O)N2. The van der Waals surface area contributed by atoms with Crippen molar-refractivity contribution in [3.8, 4) is 17.3 Å². The van der Waals surface area contributed by atoms with Gasteiger partial charge in [-0.1, -0.05) is 0 Å². The molecule has 4 bridgehead atoms. The number of aryl methyl sites for hydroxylation is 1. The van der Waals surface area contributed by atoms with E-state index in [4.69, 9.17) is 13.9 Å². The number of aromatic nitrogens is 4. The summed E-state index contributed by atoms with van der Waals surface area (Å²) in [4.78, 5) is 33.6. The number of carbonyl (C=O) groups is 2. The van der Waals surface area contributed by atoms with Crippen LogP contribution in [0.15, 0.2) is 35.2 Å². The number of anilines is 1. The number of rotatable bonds is 0. The molecule has 1 N–H and O–H groups in total. The number of nitrogens with one attached hydrogen (secondary N) is 1. The Labute approximate surface area is 172 Å². The first-order valence-electron chi connectivity index (χ1n) is 9.61. The van der Waals surface area contributed by atoms with Crippen molar-refractivity contribution in [2.24, 2.45) is 7.05 Å². The van der Waals surface area contributed by atoms with Gasteiger partial charge in [-0.25, -0.2) is 9.97 Å². The number of hydrogen-bond donors (Lipinski definition) is 1. The minimum atomic E-state index is -0.496. The maximum Gasteiger partial charge on any atom is 0.277 e. The van der Waals surface area contributed by atoms with Crippen LogP contribution in [-0.2, 0) is 11.8 Å². The first-order valence-corrected chi connectivity index (χ1v) is 9.61. The second kappa shape index (κ2) is 8.87. The Morgan fingerprint density at radius 2 is 2.07 bits per heavy atom. The van der Waals surface area contributed by atoms with Crippen LogP contribution >= 0.6 is 0 Å². The molecule has 1 aliphatic rings. The molecular weight excluding hydrogens is 390 g/mol. The van der Waals surface area contributed by atoms with Crippen molar-refractivity contribution in [2.75, 3.05) is 25.1 Å². The highest BCUT2D eigenvalue weighted by Gasteiger charge is 2.20. The lowest BCUT2D eigenvalue weighted by atomic mass is 10.1. The molecule has 3 aromatic rings. The zero-order valence-corrected chi connectivity index (χ0v) is 16.5. The average Bonchev–Trinajstić information content (AvgIpc) is 3.36. The van der Waals surface area contributed by atoms with Crippen LogP contribution < -0.4 is 10.1 Å². The largest absolute Gasteiger partial charge is 0.475 e. The van der Waals surface area contributed by atoms with Gasteiger partial charge in [-0.2, -0.15) is 5.10 Å². The predicted molar refractivity (Wildman–Crippen MR) is 105 cm³/mol. The summed E-state index contributed by atoms with van der Waals surface area (Å²) in [5.74, 6) is 0.0202. The summed E-state index contributed by atoms with van der Waals surface area (Å²) in [5, 5.41) is 6.90. The minimum Gasteiger partial charge on any atom is -0.475 e. The summed E-state index contributed by atoms with van der Waals surface area (Å²) < 4.78 is 18.1. The molecule has 0 radical (unpaired) electrons. The van der Waals surface area contributed by atoms with Gasteiger partial charge in [-0.05, 0) is 18.9 Å². The third kappa shape index (κ3) is 4.54. The van der Waals surface area contributed by atoms with Gasteiger partial charge in [0.2, 0.25) is 11.8 Å². The van der Waals surface area contributed by atoms with Crippen molar-refractivity contribution in [3.63, 3.8) is 0 Å². The van der Waals surface area contributed by atoms with Gasteiger partial charge in [0, 0.05) is 44.1 Å². The number of Topliss-reactive ketones (excluding diaryl/α,β-unsaturated/α-hetero) is 1. The molecule has 0 saturated carbocycles. The number of nitrogens with zero attached hydrogens (tertiary/aromatic N) is 4. The first kappa shape index (κ1) is 19.8. The first-order chi connectivity index (χ1) is 14.6. The monoisotopic (exact) mass is 411 g/mol. The summed E-state index contributed by atoms with van der Waals surface area (Å²) >= 11 is 0. The highest BCUT2D eigenvalue weighted by atomic mass is 16.5. The molecule has 1 amide bonds. The van der Waals surface area contributed by atoms with Crippen molar-refractivity contribution in [2.45, 2.75) is 19.3 Å². The van der Waals surface area contributed by atoms with Gasteiger partial charge in [0.15, 0.2) is 17.2 Å². The van der Waals surface area contributed by atoms with Crippen LogP contribution in [0.4, 0.5) is 5.69 Å². The fraction of sp³-hybridized carbons (Fsp3) is 0.350. The van der Waals surface area contributed by atoms with E-state index in [1.54, 1.807) is 31.6 Å². The van der Waals surface area contributed by atoms with Crippen LogP contribution in [0.1, 0.15) is 40.2 Å². The van der Waals surface area contributed by atoms with E-state index in [0.717, 1.165) is 6.42 Å². The second-order valence-corrected chi connectivity index (χ2v) is 6.78. The van der Waals surface area contributed by atoms with Crippen LogP contribution in [0.5, 0.6) is 5.88 Å². The quantitative estimate of drug-likeness (QED) is 0.599. The van der Waals surface area contributed by atoms with Gasteiger partial charge in [0.1, 0.15) is 12.9 Å². The van der Waals surface area contributed by atoms with Crippen LogP contribution in [0.25, 0.3) is 11.5 Å². The number of amides is 1. The van der Waals surface area contributed by atoms with Crippen molar-refractivity contribution in [1.29, 1.82) is 0 Å². The van der Waals surface area contributed by atoms with Gasteiger partial charge in [-0.15, -0.1) is 0 Å². The second-order valence-electron chi connectivity index (χ2n) is 6.78. The maximum absolute atomic E-state index is 12.6. The van der Waals surface area contributed by atoms with E-state index in [2.05, 4.69) is 20.4 Å². The molecule has 3 aromatic heterocycles. The summed E-state index contributed by atoms with van der Waals surface area (Å²) in [6.45, 7) is 1.27. The van der Waals surface area contributed by atoms with Crippen molar-refractivity contribution in [3.05, 3.63) is 42.2 Å². The molecule has 0 aromatic carbocycles. The van der Waals surface area contributed by atoms with Gasteiger partial charge in [-0.3, -0.25) is 14.3 Å². The van der Waals surface area contributed by atoms with Crippen LogP contribution in [0.2, 0.25) is 0 Å². The van der Waals surface area contributed by atoms with Gasteiger partial charge >= 0.3 is 0 Å². The van der Waals surface area contributed by atoms with E-state index in [1.807, 2.05) is 0 Å². The maximum atomic E-state index is 12.6. The van der Waals surface area contributed by atoms with Crippen LogP contribution in [-0.4, -0.2) is 51.3 Å². The van der Waals surface area contributed by atoms with Crippen molar-refractivity contribution >= 4 is 17.4 Å². The number of oxazole rings is 1. The summed E-state index contributed by atoms with van der Waals surface area (Å²) in [7, 11) is 1.69. The zero-order chi connectivity index (χ0) is 20.9. The van der Waals surface area contributed by atoms with Crippen LogP contribution in [0.3, 0.4) is 0 Å². The molecule has 0 saturated heterocycles. The molecule has 4 rings (SSSR count). The normalized spacial score (nSPS) is 15.9. The van der Waals surface area contributed by atoms with Gasteiger partial charge in [0.25, 0.3) is 5.91 Å². The Morgan fingerprint density at radius 3 is 2.97 bits per heavy atom. The molecule has 10 heteroatoms. The number of carbonyl (C=O) groups excluding carboxylic acids is 2. The molecule has 0 aliphatic carbocycles.